The summed E-state index contributed by atoms with van der Waals surface area (Å²) in [6.45, 7) is 3.14. The van der Waals surface area contributed by atoms with Gasteiger partial charge in [0.15, 0.2) is 0 Å². The number of carboxylic acids is 1. The highest BCUT2D eigenvalue weighted by atomic mass is 16.4. The normalized spacial score (nSPS) is 32.4. The van der Waals surface area contributed by atoms with Crippen molar-refractivity contribution in [1.82, 2.24) is 4.90 Å². The Hall–Kier alpha value is -0.610. The standard InChI is InChI=1S/C10H20N2O2/c1-3-6-12(2)8-4-5-10(11,7-8)9(13)14/h8H,3-7,11H2,1-2H3,(H,13,14). The number of carboxylic acid groups (broad SMARTS) is 1. The Kier molecular flexibility index (Phi) is 3.50. The van der Waals surface area contributed by atoms with Gasteiger partial charge in [0.1, 0.15) is 5.54 Å². The van der Waals surface area contributed by atoms with E-state index in [1.165, 1.54) is 0 Å². The van der Waals surface area contributed by atoms with Crippen molar-refractivity contribution in [1.29, 1.82) is 0 Å². The van der Waals surface area contributed by atoms with Gasteiger partial charge in [-0.25, -0.2) is 0 Å². The monoisotopic (exact) mass is 200 g/mol. The first kappa shape index (κ1) is 11.5. The summed E-state index contributed by atoms with van der Waals surface area (Å²) >= 11 is 0. The Morgan fingerprint density at radius 1 is 1.71 bits per heavy atom. The Morgan fingerprint density at radius 2 is 2.36 bits per heavy atom. The first-order valence-electron chi connectivity index (χ1n) is 5.22. The summed E-state index contributed by atoms with van der Waals surface area (Å²) in [5, 5.41) is 8.96. The molecule has 0 amide bonds. The maximum absolute atomic E-state index is 10.9. The van der Waals surface area contributed by atoms with E-state index in [0.29, 0.717) is 18.9 Å². The molecule has 2 atom stereocenters. The van der Waals surface area contributed by atoms with E-state index in [2.05, 4.69) is 11.8 Å². The summed E-state index contributed by atoms with van der Waals surface area (Å²) in [6.07, 6.45) is 3.18. The Bertz CT molecular complexity index is 220. The maximum atomic E-state index is 10.9. The van der Waals surface area contributed by atoms with Gasteiger partial charge < -0.3 is 15.7 Å². The number of hydrogen-bond acceptors (Lipinski definition) is 3. The molecule has 1 aliphatic carbocycles. The van der Waals surface area contributed by atoms with E-state index in [4.69, 9.17) is 10.8 Å². The molecule has 4 heteroatoms. The average molecular weight is 200 g/mol. The fourth-order valence-electron chi connectivity index (χ4n) is 2.15. The topological polar surface area (TPSA) is 66.6 Å². The summed E-state index contributed by atoms with van der Waals surface area (Å²) in [7, 11) is 2.04. The Balaban J connectivity index is 2.52. The van der Waals surface area contributed by atoms with Gasteiger partial charge in [-0.1, -0.05) is 6.92 Å². The highest BCUT2D eigenvalue weighted by Gasteiger charge is 2.43. The van der Waals surface area contributed by atoms with Crippen molar-refractivity contribution in [2.24, 2.45) is 5.73 Å². The first-order chi connectivity index (χ1) is 6.49. The molecule has 1 fully saturated rings. The fourth-order valence-corrected chi connectivity index (χ4v) is 2.15. The number of rotatable bonds is 4. The van der Waals surface area contributed by atoms with Crippen molar-refractivity contribution >= 4 is 5.97 Å². The molecule has 4 nitrogen and oxygen atoms in total. The van der Waals surface area contributed by atoms with E-state index < -0.39 is 11.5 Å². The predicted molar refractivity (Wildman–Crippen MR) is 55.1 cm³/mol. The van der Waals surface area contributed by atoms with Gasteiger partial charge in [-0.2, -0.15) is 0 Å². The molecule has 1 aliphatic rings. The van der Waals surface area contributed by atoms with Crippen LogP contribution < -0.4 is 5.73 Å². The molecule has 0 bridgehead atoms. The van der Waals surface area contributed by atoms with Crippen molar-refractivity contribution in [3.05, 3.63) is 0 Å². The molecule has 0 radical (unpaired) electrons. The molecule has 0 saturated heterocycles. The number of hydrogen-bond donors (Lipinski definition) is 2. The summed E-state index contributed by atoms with van der Waals surface area (Å²) < 4.78 is 0. The zero-order valence-electron chi connectivity index (χ0n) is 8.99. The molecule has 1 rings (SSSR count). The number of aliphatic carboxylic acids is 1. The third-order valence-corrected chi connectivity index (χ3v) is 3.15. The van der Waals surface area contributed by atoms with Crippen LogP contribution in [0.5, 0.6) is 0 Å². The Labute approximate surface area is 85.1 Å². The zero-order valence-corrected chi connectivity index (χ0v) is 8.99. The van der Waals surface area contributed by atoms with Gasteiger partial charge in [-0.3, -0.25) is 4.79 Å². The number of nitrogens with two attached hydrogens (primary N) is 1. The van der Waals surface area contributed by atoms with E-state index >= 15 is 0 Å². The lowest BCUT2D eigenvalue weighted by Crippen LogP contribution is -2.47. The van der Waals surface area contributed by atoms with Crippen LogP contribution in [-0.4, -0.2) is 41.1 Å². The van der Waals surface area contributed by atoms with Crippen LogP contribution in [-0.2, 0) is 4.79 Å². The molecule has 0 heterocycles. The zero-order chi connectivity index (χ0) is 10.8. The maximum Gasteiger partial charge on any atom is 0.323 e. The largest absolute Gasteiger partial charge is 0.480 e. The van der Waals surface area contributed by atoms with Gasteiger partial charge in [-0.05, 0) is 39.3 Å². The Morgan fingerprint density at radius 3 is 2.79 bits per heavy atom. The first-order valence-corrected chi connectivity index (χ1v) is 5.22. The minimum atomic E-state index is -0.979. The van der Waals surface area contributed by atoms with Crippen LogP contribution in [0.4, 0.5) is 0 Å². The summed E-state index contributed by atoms with van der Waals surface area (Å²) in [4.78, 5) is 13.1. The van der Waals surface area contributed by atoms with Crippen molar-refractivity contribution < 1.29 is 9.90 Å². The van der Waals surface area contributed by atoms with E-state index in [1.807, 2.05) is 7.05 Å². The molecule has 0 aromatic rings. The third-order valence-electron chi connectivity index (χ3n) is 3.15. The lowest BCUT2D eigenvalue weighted by Gasteiger charge is -2.25. The van der Waals surface area contributed by atoms with Crippen LogP contribution in [0.3, 0.4) is 0 Å². The molecule has 2 unspecified atom stereocenters. The summed E-state index contributed by atoms with van der Waals surface area (Å²) in [6, 6.07) is 0.344. The second-order valence-electron chi connectivity index (χ2n) is 4.34. The van der Waals surface area contributed by atoms with Gasteiger partial charge in [-0.15, -0.1) is 0 Å². The van der Waals surface area contributed by atoms with Gasteiger partial charge in [0.05, 0.1) is 0 Å². The molecular formula is C10H20N2O2. The van der Waals surface area contributed by atoms with Gasteiger partial charge >= 0.3 is 5.97 Å². The molecule has 3 N–H and O–H groups in total. The highest BCUT2D eigenvalue weighted by molar-refractivity contribution is 5.79. The van der Waals surface area contributed by atoms with Crippen LogP contribution in [0, 0.1) is 0 Å². The van der Waals surface area contributed by atoms with E-state index in [9.17, 15) is 4.79 Å². The molecule has 0 aromatic carbocycles. The number of nitrogens with zero attached hydrogens (tertiary/aromatic N) is 1. The molecule has 14 heavy (non-hydrogen) atoms. The summed E-state index contributed by atoms with van der Waals surface area (Å²) in [5.41, 5.74) is 4.82. The third kappa shape index (κ3) is 2.25. The van der Waals surface area contributed by atoms with Crippen LogP contribution in [0.25, 0.3) is 0 Å². The van der Waals surface area contributed by atoms with E-state index in [0.717, 1.165) is 19.4 Å². The lowest BCUT2D eigenvalue weighted by atomic mass is 9.99. The van der Waals surface area contributed by atoms with E-state index in [-0.39, 0.29) is 0 Å². The SMILES string of the molecule is CCCN(C)C1CCC(N)(C(=O)O)C1. The molecule has 0 aromatic heterocycles. The highest BCUT2D eigenvalue weighted by Crippen LogP contribution is 2.30. The second-order valence-corrected chi connectivity index (χ2v) is 4.34. The molecule has 0 spiro atoms. The lowest BCUT2D eigenvalue weighted by molar-refractivity contribution is -0.143. The fraction of sp³-hybridized carbons (Fsp3) is 0.900. The molecule has 82 valence electrons. The smallest absolute Gasteiger partial charge is 0.323 e. The van der Waals surface area contributed by atoms with Crippen molar-refractivity contribution in [3.8, 4) is 0 Å². The van der Waals surface area contributed by atoms with Gasteiger partial charge in [0.2, 0.25) is 0 Å². The molecule has 1 saturated carbocycles. The molecule has 0 aliphatic heterocycles. The number of carbonyl (C=O) groups is 1. The van der Waals surface area contributed by atoms with Gasteiger partial charge in [0.25, 0.3) is 0 Å². The van der Waals surface area contributed by atoms with Crippen LogP contribution in [0.15, 0.2) is 0 Å². The second kappa shape index (κ2) is 4.28. The summed E-state index contributed by atoms with van der Waals surface area (Å²) in [5.74, 6) is -0.857. The predicted octanol–water partition coefficient (Wildman–Crippen LogP) is 0.663. The minimum Gasteiger partial charge on any atom is -0.480 e. The van der Waals surface area contributed by atoms with Crippen molar-refractivity contribution in [2.75, 3.05) is 13.6 Å². The van der Waals surface area contributed by atoms with Crippen LogP contribution in [0.1, 0.15) is 32.6 Å². The van der Waals surface area contributed by atoms with Crippen molar-refractivity contribution in [2.45, 2.75) is 44.2 Å². The quantitative estimate of drug-likeness (QED) is 0.699. The van der Waals surface area contributed by atoms with Crippen LogP contribution >= 0.6 is 0 Å². The van der Waals surface area contributed by atoms with Crippen LogP contribution in [0.2, 0.25) is 0 Å². The average Bonchev–Trinajstić information content (AvgIpc) is 2.50. The van der Waals surface area contributed by atoms with E-state index in [1.54, 1.807) is 0 Å². The van der Waals surface area contributed by atoms with Gasteiger partial charge in [0, 0.05) is 6.04 Å². The van der Waals surface area contributed by atoms with Crippen molar-refractivity contribution in [3.63, 3.8) is 0 Å². The minimum absolute atomic E-state index is 0.344. The molecular weight excluding hydrogens is 180 g/mol.